The molecule has 8 heteroatoms. The molecule has 2 atom stereocenters. The lowest BCUT2D eigenvalue weighted by molar-refractivity contribution is -0.00694. The van der Waals surface area contributed by atoms with Crippen LogP contribution in [0.25, 0.3) is 0 Å². The highest BCUT2D eigenvalue weighted by Gasteiger charge is 2.27. The Morgan fingerprint density at radius 3 is 3.06 bits per heavy atom. The summed E-state index contributed by atoms with van der Waals surface area (Å²) in [6.45, 7) is -0.179. The first-order chi connectivity index (χ1) is 7.61. The van der Waals surface area contributed by atoms with E-state index in [2.05, 4.69) is 0 Å². The van der Waals surface area contributed by atoms with Gasteiger partial charge in [-0.2, -0.15) is 4.39 Å². The molecule has 0 bridgehead atoms. The Bertz CT molecular complexity index is 500. The number of aromatic nitrogens is 2. The minimum Gasteiger partial charge on any atom is -0.393 e. The molecule has 0 aliphatic carbocycles. The number of aliphatic hydroxyl groups is 1. The number of thioether (sulfide) groups is 1. The SMILES string of the molecule is O=c1[nH]c(=O)n([C@@H]2CS[C@@H](CO)O2)cc1F. The molecule has 0 saturated carbocycles. The van der Waals surface area contributed by atoms with Gasteiger partial charge in [0.05, 0.1) is 12.8 Å². The maximum atomic E-state index is 13.0. The largest absolute Gasteiger partial charge is 0.393 e. The summed E-state index contributed by atoms with van der Waals surface area (Å²) in [6, 6.07) is 0. The number of nitrogens with zero attached hydrogens (tertiary/aromatic N) is 1. The number of H-pyrrole nitrogens is 1. The first-order valence-corrected chi connectivity index (χ1v) is 5.55. The van der Waals surface area contributed by atoms with E-state index >= 15 is 0 Å². The first-order valence-electron chi connectivity index (χ1n) is 4.50. The van der Waals surface area contributed by atoms with Crippen molar-refractivity contribution in [2.45, 2.75) is 11.7 Å². The van der Waals surface area contributed by atoms with Crippen LogP contribution >= 0.6 is 11.8 Å². The van der Waals surface area contributed by atoms with E-state index in [1.807, 2.05) is 4.98 Å². The van der Waals surface area contributed by atoms with E-state index in [0.29, 0.717) is 5.75 Å². The molecule has 6 nitrogen and oxygen atoms in total. The highest BCUT2D eigenvalue weighted by atomic mass is 32.2. The summed E-state index contributed by atoms with van der Waals surface area (Å²) in [7, 11) is 0. The monoisotopic (exact) mass is 248 g/mol. The molecular weight excluding hydrogens is 239 g/mol. The Labute approximate surface area is 93.1 Å². The second-order valence-electron chi connectivity index (χ2n) is 3.18. The van der Waals surface area contributed by atoms with Crippen molar-refractivity contribution in [2.75, 3.05) is 12.4 Å². The second kappa shape index (κ2) is 4.40. The maximum Gasteiger partial charge on any atom is 0.330 e. The highest BCUT2D eigenvalue weighted by molar-refractivity contribution is 8.00. The van der Waals surface area contributed by atoms with Crippen LogP contribution in [0, 0.1) is 5.82 Å². The van der Waals surface area contributed by atoms with Gasteiger partial charge in [-0.1, -0.05) is 0 Å². The van der Waals surface area contributed by atoms with E-state index in [1.165, 1.54) is 11.8 Å². The van der Waals surface area contributed by atoms with Crippen molar-refractivity contribution in [3.05, 3.63) is 32.9 Å². The molecule has 1 aliphatic heterocycles. The molecule has 0 spiro atoms. The van der Waals surface area contributed by atoms with Gasteiger partial charge in [0.2, 0.25) is 5.82 Å². The number of rotatable bonds is 2. The Morgan fingerprint density at radius 1 is 1.69 bits per heavy atom. The van der Waals surface area contributed by atoms with Crippen LogP contribution in [-0.2, 0) is 4.74 Å². The number of aromatic amines is 1. The molecule has 1 aliphatic rings. The zero-order valence-corrected chi connectivity index (χ0v) is 8.87. The lowest BCUT2D eigenvalue weighted by Gasteiger charge is -2.13. The summed E-state index contributed by atoms with van der Waals surface area (Å²) in [5, 5.41) is 8.83. The minimum atomic E-state index is -1.05. The Hall–Kier alpha value is -1.12. The Kier molecular flexibility index (Phi) is 3.13. The van der Waals surface area contributed by atoms with Gasteiger partial charge in [-0.05, 0) is 0 Å². The first kappa shape index (κ1) is 11.4. The summed E-state index contributed by atoms with van der Waals surface area (Å²) in [5.74, 6) is -0.628. The van der Waals surface area contributed by atoms with E-state index in [1.54, 1.807) is 0 Å². The average Bonchev–Trinajstić information content (AvgIpc) is 2.71. The molecule has 0 amide bonds. The topological polar surface area (TPSA) is 84.3 Å². The fourth-order valence-corrected chi connectivity index (χ4v) is 2.29. The summed E-state index contributed by atoms with van der Waals surface area (Å²) >= 11 is 1.32. The molecule has 1 saturated heterocycles. The standard InChI is InChI=1S/C8H9FN2O4S/c9-4-1-11(8(14)10-7(4)13)5-3-16-6(2-12)15-5/h1,5-6,12H,2-3H2,(H,10,13,14)/t5-,6-/m0/s1. The summed E-state index contributed by atoms with van der Waals surface area (Å²) < 4.78 is 19.2. The molecule has 0 aromatic carbocycles. The third-order valence-corrected chi connectivity index (χ3v) is 3.23. The molecule has 2 N–H and O–H groups in total. The van der Waals surface area contributed by atoms with Crippen molar-refractivity contribution in [3.63, 3.8) is 0 Å². The van der Waals surface area contributed by atoms with Crippen molar-refractivity contribution in [1.82, 2.24) is 9.55 Å². The molecule has 88 valence electrons. The molecule has 2 rings (SSSR count). The van der Waals surface area contributed by atoms with E-state index in [-0.39, 0.29) is 6.61 Å². The summed E-state index contributed by atoms with van der Waals surface area (Å²) in [5.41, 5.74) is -2.20. The average molecular weight is 248 g/mol. The number of halogens is 1. The molecule has 2 heterocycles. The number of aliphatic hydroxyl groups excluding tert-OH is 1. The maximum absolute atomic E-state index is 13.0. The molecule has 1 aromatic rings. The number of ether oxygens (including phenoxy) is 1. The van der Waals surface area contributed by atoms with Gasteiger partial charge in [-0.3, -0.25) is 14.3 Å². The molecule has 0 radical (unpaired) electrons. The zero-order chi connectivity index (χ0) is 11.7. The van der Waals surface area contributed by atoms with E-state index in [0.717, 1.165) is 10.8 Å². The number of hydrogen-bond acceptors (Lipinski definition) is 5. The zero-order valence-electron chi connectivity index (χ0n) is 8.05. The van der Waals surface area contributed by atoms with Crippen LogP contribution in [0.3, 0.4) is 0 Å². The predicted octanol–water partition coefficient (Wildman–Crippen LogP) is -0.744. The van der Waals surface area contributed by atoms with Crippen molar-refractivity contribution in [2.24, 2.45) is 0 Å². The van der Waals surface area contributed by atoms with Crippen LogP contribution in [0.4, 0.5) is 4.39 Å². The molecular formula is C8H9FN2O4S. The lowest BCUT2D eigenvalue weighted by Crippen LogP contribution is -2.34. The second-order valence-corrected chi connectivity index (χ2v) is 4.37. The van der Waals surface area contributed by atoms with Gasteiger partial charge in [0.1, 0.15) is 11.7 Å². The molecule has 0 unspecified atom stereocenters. The quantitative estimate of drug-likeness (QED) is 0.720. The molecule has 16 heavy (non-hydrogen) atoms. The normalized spacial score (nSPS) is 24.9. The van der Waals surface area contributed by atoms with Gasteiger partial charge in [-0.15, -0.1) is 11.8 Å². The fraction of sp³-hybridized carbons (Fsp3) is 0.500. The third-order valence-electron chi connectivity index (χ3n) is 2.12. The third kappa shape index (κ3) is 2.04. The summed E-state index contributed by atoms with van der Waals surface area (Å²) in [6.07, 6.45) is 0.146. The lowest BCUT2D eigenvalue weighted by atomic mass is 10.5. The van der Waals surface area contributed by atoms with Gasteiger partial charge in [-0.25, -0.2) is 4.79 Å². The fourth-order valence-electron chi connectivity index (χ4n) is 1.36. The summed E-state index contributed by atoms with van der Waals surface area (Å²) in [4.78, 5) is 24.0. The van der Waals surface area contributed by atoms with Crippen LogP contribution in [0.1, 0.15) is 6.23 Å². The Morgan fingerprint density at radius 2 is 2.44 bits per heavy atom. The molecule has 1 aromatic heterocycles. The van der Waals surface area contributed by atoms with Crippen molar-refractivity contribution in [3.8, 4) is 0 Å². The number of hydrogen-bond donors (Lipinski definition) is 2. The predicted molar refractivity (Wildman–Crippen MR) is 54.7 cm³/mol. The van der Waals surface area contributed by atoms with E-state index < -0.39 is 28.7 Å². The number of nitrogens with one attached hydrogen (secondary N) is 1. The van der Waals surface area contributed by atoms with Crippen LogP contribution in [-0.4, -0.2) is 32.5 Å². The Balaban J connectivity index is 2.32. The van der Waals surface area contributed by atoms with Crippen LogP contribution < -0.4 is 11.2 Å². The smallest absolute Gasteiger partial charge is 0.330 e. The van der Waals surface area contributed by atoms with Crippen LogP contribution in [0.2, 0.25) is 0 Å². The van der Waals surface area contributed by atoms with Crippen molar-refractivity contribution < 1.29 is 14.2 Å². The van der Waals surface area contributed by atoms with E-state index in [9.17, 15) is 14.0 Å². The minimum absolute atomic E-state index is 0.179. The van der Waals surface area contributed by atoms with Crippen molar-refractivity contribution in [1.29, 1.82) is 0 Å². The van der Waals surface area contributed by atoms with E-state index in [4.69, 9.17) is 9.84 Å². The van der Waals surface area contributed by atoms with Crippen LogP contribution in [0.5, 0.6) is 0 Å². The van der Waals surface area contributed by atoms with Gasteiger partial charge < -0.3 is 9.84 Å². The van der Waals surface area contributed by atoms with Gasteiger partial charge in [0.15, 0.2) is 0 Å². The van der Waals surface area contributed by atoms with Gasteiger partial charge >= 0.3 is 5.69 Å². The molecule has 1 fully saturated rings. The highest BCUT2D eigenvalue weighted by Crippen LogP contribution is 2.30. The van der Waals surface area contributed by atoms with Crippen LogP contribution in [0.15, 0.2) is 15.8 Å². The van der Waals surface area contributed by atoms with Crippen molar-refractivity contribution >= 4 is 11.8 Å². The van der Waals surface area contributed by atoms with Gasteiger partial charge in [0, 0.05) is 5.75 Å². The van der Waals surface area contributed by atoms with Gasteiger partial charge in [0.25, 0.3) is 5.56 Å².